The highest BCUT2D eigenvalue weighted by molar-refractivity contribution is 5.81. The zero-order valence-electron chi connectivity index (χ0n) is 14.4. The average molecular weight is 360 g/mol. The molecular formula is C19H16N6O2. The maximum Gasteiger partial charge on any atom is 0.185 e. The number of phenols is 1. The van der Waals surface area contributed by atoms with Gasteiger partial charge in [-0.25, -0.2) is 0 Å². The minimum Gasteiger partial charge on any atom is -0.504 e. The Morgan fingerprint density at radius 3 is 2.74 bits per heavy atom. The molecular weight excluding hydrogens is 344 g/mol. The van der Waals surface area contributed by atoms with Crippen molar-refractivity contribution in [3.05, 3.63) is 66.2 Å². The SMILES string of the molecule is COc1cc(/C=N/Nc2ccc3nnc(-c4ccccc4)n3n2)ccc1O. The van der Waals surface area contributed by atoms with E-state index in [2.05, 4.69) is 25.8 Å². The number of hydrazone groups is 1. The molecule has 0 saturated carbocycles. The molecule has 0 fully saturated rings. The van der Waals surface area contributed by atoms with Crippen LogP contribution < -0.4 is 10.2 Å². The lowest BCUT2D eigenvalue weighted by molar-refractivity contribution is 0.373. The van der Waals surface area contributed by atoms with Crippen LogP contribution in [0.15, 0.2) is 65.8 Å². The lowest BCUT2D eigenvalue weighted by Gasteiger charge is -2.04. The highest BCUT2D eigenvalue weighted by atomic mass is 16.5. The number of fused-ring (bicyclic) bond motifs is 1. The molecule has 0 saturated heterocycles. The van der Waals surface area contributed by atoms with Crippen LogP contribution in [0.25, 0.3) is 17.0 Å². The van der Waals surface area contributed by atoms with E-state index in [0.717, 1.165) is 11.1 Å². The van der Waals surface area contributed by atoms with E-state index < -0.39 is 0 Å². The number of ether oxygens (including phenoxy) is 1. The van der Waals surface area contributed by atoms with Gasteiger partial charge in [-0.2, -0.15) is 9.62 Å². The van der Waals surface area contributed by atoms with Gasteiger partial charge >= 0.3 is 0 Å². The van der Waals surface area contributed by atoms with Crippen LogP contribution in [0.1, 0.15) is 5.56 Å². The Balaban J connectivity index is 1.58. The minimum absolute atomic E-state index is 0.0794. The largest absolute Gasteiger partial charge is 0.504 e. The van der Waals surface area contributed by atoms with E-state index >= 15 is 0 Å². The fourth-order valence-corrected chi connectivity index (χ4v) is 2.56. The Kier molecular flexibility index (Phi) is 4.36. The summed E-state index contributed by atoms with van der Waals surface area (Å²) in [6.07, 6.45) is 1.61. The van der Waals surface area contributed by atoms with Gasteiger partial charge in [0.05, 0.1) is 13.3 Å². The number of anilines is 1. The number of benzene rings is 2. The maximum absolute atomic E-state index is 9.63. The first-order valence-corrected chi connectivity index (χ1v) is 8.18. The van der Waals surface area contributed by atoms with Gasteiger partial charge in [0, 0.05) is 5.56 Å². The van der Waals surface area contributed by atoms with Crippen LogP contribution in [-0.4, -0.2) is 38.2 Å². The number of nitrogens with one attached hydrogen (secondary N) is 1. The summed E-state index contributed by atoms with van der Waals surface area (Å²) < 4.78 is 6.75. The normalized spacial score (nSPS) is 11.1. The molecule has 2 aromatic heterocycles. The van der Waals surface area contributed by atoms with E-state index in [-0.39, 0.29) is 5.75 Å². The van der Waals surface area contributed by atoms with Crippen molar-refractivity contribution in [1.29, 1.82) is 0 Å². The fourth-order valence-electron chi connectivity index (χ4n) is 2.56. The van der Waals surface area contributed by atoms with Gasteiger partial charge < -0.3 is 9.84 Å². The topological polar surface area (TPSA) is 96.9 Å². The number of aromatic hydroxyl groups is 1. The number of phenolic OH excluding ortho intramolecular Hbond substituents is 1. The van der Waals surface area contributed by atoms with E-state index in [0.29, 0.717) is 23.0 Å². The first-order chi connectivity index (χ1) is 13.2. The molecule has 0 amide bonds. The van der Waals surface area contributed by atoms with Gasteiger partial charge in [0.1, 0.15) is 0 Å². The molecule has 8 heteroatoms. The van der Waals surface area contributed by atoms with E-state index in [9.17, 15) is 5.11 Å². The second-order valence-corrected chi connectivity index (χ2v) is 5.68. The van der Waals surface area contributed by atoms with E-state index in [4.69, 9.17) is 4.74 Å². The van der Waals surface area contributed by atoms with Gasteiger partial charge in [0.25, 0.3) is 0 Å². The molecule has 0 atom stereocenters. The van der Waals surface area contributed by atoms with Gasteiger partial charge in [-0.3, -0.25) is 5.43 Å². The second-order valence-electron chi connectivity index (χ2n) is 5.68. The van der Waals surface area contributed by atoms with Crippen molar-refractivity contribution in [3.63, 3.8) is 0 Å². The molecule has 0 spiro atoms. The number of aromatic nitrogens is 4. The monoisotopic (exact) mass is 360 g/mol. The Hall–Kier alpha value is -3.94. The third-order valence-corrected chi connectivity index (χ3v) is 3.89. The Morgan fingerprint density at radius 1 is 1.07 bits per heavy atom. The van der Waals surface area contributed by atoms with Crippen molar-refractivity contribution in [2.75, 3.05) is 12.5 Å². The van der Waals surface area contributed by atoms with Gasteiger partial charge in [0.15, 0.2) is 28.8 Å². The summed E-state index contributed by atoms with van der Waals surface area (Å²) in [4.78, 5) is 0. The molecule has 134 valence electrons. The summed E-state index contributed by atoms with van der Waals surface area (Å²) in [7, 11) is 1.50. The third-order valence-electron chi connectivity index (χ3n) is 3.89. The van der Waals surface area contributed by atoms with Crippen molar-refractivity contribution in [2.45, 2.75) is 0 Å². The van der Waals surface area contributed by atoms with Gasteiger partial charge in [-0.1, -0.05) is 30.3 Å². The van der Waals surface area contributed by atoms with Crippen LogP contribution in [0.4, 0.5) is 5.82 Å². The Morgan fingerprint density at radius 2 is 1.93 bits per heavy atom. The molecule has 2 heterocycles. The van der Waals surface area contributed by atoms with Crippen molar-refractivity contribution < 1.29 is 9.84 Å². The molecule has 0 unspecified atom stereocenters. The van der Waals surface area contributed by atoms with Gasteiger partial charge in [0.2, 0.25) is 0 Å². The summed E-state index contributed by atoms with van der Waals surface area (Å²) in [5.74, 6) is 1.66. The highest BCUT2D eigenvalue weighted by Gasteiger charge is 2.09. The van der Waals surface area contributed by atoms with Gasteiger partial charge in [-0.15, -0.1) is 15.3 Å². The quantitative estimate of drug-likeness (QED) is 0.419. The molecule has 0 aliphatic carbocycles. The molecule has 4 aromatic rings. The predicted molar refractivity (Wildman–Crippen MR) is 102 cm³/mol. The van der Waals surface area contributed by atoms with Crippen molar-refractivity contribution in [3.8, 4) is 22.9 Å². The van der Waals surface area contributed by atoms with E-state index in [1.807, 2.05) is 36.4 Å². The molecule has 2 N–H and O–H groups in total. The van der Waals surface area contributed by atoms with Crippen LogP contribution in [-0.2, 0) is 0 Å². The molecule has 4 rings (SSSR count). The lowest BCUT2D eigenvalue weighted by Crippen LogP contribution is -2.00. The first kappa shape index (κ1) is 16.5. The summed E-state index contributed by atoms with van der Waals surface area (Å²) in [5, 5.41) is 26.6. The fraction of sp³-hybridized carbons (Fsp3) is 0.0526. The smallest absolute Gasteiger partial charge is 0.185 e. The van der Waals surface area contributed by atoms with Crippen molar-refractivity contribution >= 4 is 17.7 Å². The van der Waals surface area contributed by atoms with Crippen LogP contribution in [0.2, 0.25) is 0 Å². The summed E-state index contributed by atoms with van der Waals surface area (Å²) in [6, 6.07) is 18.3. The lowest BCUT2D eigenvalue weighted by atomic mass is 10.2. The Labute approximate surface area is 154 Å². The summed E-state index contributed by atoms with van der Waals surface area (Å²) in [5.41, 5.74) is 5.23. The second kappa shape index (κ2) is 7.12. The van der Waals surface area contributed by atoms with E-state index in [1.54, 1.807) is 35.0 Å². The van der Waals surface area contributed by atoms with Crippen LogP contribution >= 0.6 is 0 Å². The molecule has 0 aliphatic heterocycles. The molecule has 0 aliphatic rings. The zero-order valence-corrected chi connectivity index (χ0v) is 14.4. The maximum atomic E-state index is 9.63. The first-order valence-electron chi connectivity index (χ1n) is 8.18. The summed E-state index contributed by atoms with van der Waals surface area (Å²) >= 11 is 0. The highest BCUT2D eigenvalue weighted by Crippen LogP contribution is 2.25. The predicted octanol–water partition coefficient (Wildman–Crippen LogP) is 2.95. The number of rotatable bonds is 5. The number of nitrogens with zero attached hydrogens (tertiary/aromatic N) is 5. The van der Waals surface area contributed by atoms with E-state index in [1.165, 1.54) is 7.11 Å². The molecule has 0 radical (unpaired) electrons. The molecule has 27 heavy (non-hydrogen) atoms. The number of hydrogen-bond acceptors (Lipinski definition) is 7. The number of hydrogen-bond donors (Lipinski definition) is 2. The van der Waals surface area contributed by atoms with Crippen molar-refractivity contribution in [2.24, 2.45) is 5.10 Å². The zero-order chi connectivity index (χ0) is 18.6. The third kappa shape index (κ3) is 3.40. The number of methoxy groups -OCH3 is 1. The van der Waals surface area contributed by atoms with Gasteiger partial charge in [-0.05, 0) is 35.9 Å². The average Bonchev–Trinajstić information content (AvgIpc) is 3.13. The summed E-state index contributed by atoms with van der Waals surface area (Å²) in [6.45, 7) is 0. The molecule has 0 bridgehead atoms. The van der Waals surface area contributed by atoms with Crippen LogP contribution in [0.5, 0.6) is 11.5 Å². The molecule has 2 aromatic carbocycles. The Bertz CT molecular complexity index is 1110. The van der Waals surface area contributed by atoms with Crippen LogP contribution in [0.3, 0.4) is 0 Å². The molecule has 8 nitrogen and oxygen atoms in total. The minimum atomic E-state index is 0.0794. The van der Waals surface area contributed by atoms with Crippen molar-refractivity contribution in [1.82, 2.24) is 19.8 Å². The standard InChI is InChI=1S/C19H16N6O2/c1-27-16-11-13(7-8-15(16)26)12-20-21-17-9-10-18-22-23-19(25(18)24-17)14-5-3-2-4-6-14/h2-12,26H,1H3,(H,21,24)/b20-12+. The van der Waals surface area contributed by atoms with Crippen LogP contribution in [0, 0.1) is 0 Å².